The van der Waals surface area contributed by atoms with E-state index in [1.165, 1.54) is 6.07 Å². The number of fused-ring (bicyclic) bond motifs is 1. The second kappa shape index (κ2) is 12.5. The van der Waals surface area contributed by atoms with E-state index in [0.29, 0.717) is 24.7 Å². The van der Waals surface area contributed by atoms with Gasteiger partial charge in [-0.1, -0.05) is 0 Å². The van der Waals surface area contributed by atoms with Crippen LogP contribution in [0.2, 0.25) is 0 Å². The van der Waals surface area contributed by atoms with Crippen LogP contribution in [0.1, 0.15) is 12.8 Å². The molecule has 0 atom stereocenters. The van der Waals surface area contributed by atoms with Gasteiger partial charge in [-0.3, -0.25) is 10.1 Å². The van der Waals surface area contributed by atoms with Crippen LogP contribution in [-0.4, -0.2) is 117 Å². The zero-order valence-corrected chi connectivity index (χ0v) is 21.2. The molecule has 2 aromatic carbocycles. The van der Waals surface area contributed by atoms with Crippen molar-refractivity contribution >= 4 is 16.5 Å². The topological polar surface area (TPSA) is 74.6 Å². The molecule has 9 nitrogen and oxygen atoms in total. The first-order valence-corrected chi connectivity index (χ1v) is 12.8. The molecule has 0 radical (unpaired) electrons. The Morgan fingerprint density at radius 3 is 1.71 bits per heavy atom. The third kappa shape index (κ3) is 7.51. The number of rotatable bonds is 11. The predicted octanol–water partition coefficient (Wildman–Crippen LogP) is 2.78. The first kappa shape index (κ1) is 25.6. The Hall–Kier alpha value is -2.46. The van der Waals surface area contributed by atoms with Crippen LogP contribution in [0.25, 0.3) is 10.8 Å². The maximum Gasteiger partial charge on any atom is 0.270 e. The van der Waals surface area contributed by atoms with Crippen molar-refractivity contribution in [2.24, 2.45) is 0 Å². The zero-order valence-electron chi connectivity index (χ0n) is 21.2. The van der Waals surface area contributed by atoms with Crippen molar-refractivity contribution in [3.05, 3.63) is 40.4 Å². The summed E-state index contributed by atoms with van der Waals surface area (Å²) in [4.78, 5) is 20.6. The number of nitro benzene ring substituents is 1. The summed E-state index contributed by atoms with van der Waals surface area (Å²) >= 11 is 0. The maximum atomic E-state index is 11.2. The van der Waals surface area contributed by atoms with Crippen molar-refractivity contribution < 1.29 is 14.4 Å². The lowest BCUT2D eigenvalue weighted by molar-refractivity contribution is -0.384. The van der Waals surface area contributed by atoms with Gasteiger partial charge in [-0.05, 0) is 55.9 Å². The fourth-order valence-corrected chi connectivity index (χ4v) is 4.67. The number of hydrogen-bond acceptors (Lipinski definition) is 8. The highest BCUT2D eigenvalue weighted by Crippen LogP contribution is 2.34. The molecule has 0 spiro atoms. The van der Waals surface area contributed by atoms with E-state index in [-0.39, 0.29) is 10.6 Å². The van der Waals surface area contributed by atoms with Crippen LogP contribution in [0.4, 0.5) is 5.69 Å². The number of non-ortho nitro benzene ring substituents is 1. The minimum atomic E-state index is -0.362. The van der Waals surface area contributed by atoms with Crippen LogP contribution >= 0.6 is 0 Å². The number of nitro groups is 1. The van der Waals surface area contributed by atoms with Crippen molar-refractivity contribution in [1.82, 2.24) is 19.6 Å². The molecule has 2 heterocycles. The van der Waals surface area contributed by atoms with Gasteiger partial charge < -0.3 is 29.1 Å². The number of hydrogen-bond donors (Lipinski definition) is 0. The number of benzene rings is 2. The lowest BCUT2D eigenvalue weighted by atomic mass is 10.1. The Kier molecular flexibility index (Phi) is 9.14. The molecule has 0 unspecified atom stereocenters. The van der Waals surface area contributed by atoms with Crippen molar-refractivity contribution in [3.8, 4) is 11.5 Å². The van der Waals surface area contributed by atoms with E-state index in [4.69, 9.17) is 9.47 Å². The summed E-state index contributed by atoms with van der Waals surface area (Å²) in [6, 6.07) is 8.75. The smallest absolute Gasteiger partial charge is 0.270 e. The second-order valence-corrected chi connectivity index (χ2v) is 9.78. The molecule has 0 saturated carbocycles. The van der Waals surface area contributed by atoms with Crippen molar-refractivity contribution in [3.63, 3.8) is 0 Å². The van der Waals surface area contributed by atoms with E-state index >= 15 is 0 Å². The van der Waals surface area contributed by atoms with E-state index in [2.05, 4.69) is 33.7 Å². The average molecular weight is 486 g/mol. The van der Waals surface area contributed by atoms with Gasteiger partial charge in [0.2, 0.25) is 0 Å². The minimum Gasteiger partial charge on any atom is -0.490 e. The second-order valence-electron chi connectivity index (χ2n) is 9.78. The van der Waals surface area contributed by atoms with E-state index < -0.39 is 0 Å². The van der Waals surface area contributed by atoms with Gasteiger partial charge in [-0.25, -0.2) is 0 Å². The highest BCUT2D eigenvalue weighted by Gasteiger charge is 2.16. The normalized spacial score (nSPS) is 18.7. The summed E-state index contributed by atoms with van der Waals surface area (Å²) in [5.41, 5.74) is 0.0827. The van der Waals surface area contributed by atoms with Gasteiger partial charge in [0.1, 0.15) is 0 Å². The fraction of sp³-hybridized carbons (Fsp3) is 0.615. The van der Waals surface area contributed by atoms with Gasteiger partial charge in [0, 0.05) is 77.6 Å². The van der Waals surface area contributed by atoms with Crippen LogP contribution in [0.3, 0.4) is 0 Å². The van der Waals surface area contributed by atoms with Crippen LogP contribution in [-0.2, 0) is 0 Å². The average Bonchev–Trinajstić information content (AvgIpc) is 2.86. The molecule has 0 amide bonds. The first-order valence-electron chi connectivity index (χ1n) is 12.8. The number of likely N-dealkylation sites (N-methyl/N-ethyl adjacent to an activating group) is 2. The maximum absolute atomic E-state index is 11.2. The zero-order chi connectivity index (χ0) is 24.6. The summed E-state index contributed by atoms with van der Waals surface area (Å²) in [7, 11) is 4.33. The van der Waals surface area contributed by atoms with Gasteiger partial charge in [0.15, 0.2) is 11.5 Å². The Morgan fingerprint density at radius 1 is 0.743 bits per heavy atom. The summed E-state index contributed by atoms with van der Waals surface area (Å²) < 4.78 is 12.4. The van der Waals surface area contributed by atoms with E-state index in [1.807, 2.05) is 12.1 Å². The summed E-state index contributed by atoms with van der Waals surface area (Å²) in [6.45, 7) is 12.1. The van der Waals surface area contributed by atoms with E-state index in [1.54, 1.807) is 12.1 Å². The Morgan fingerprint density at radius 2 is 1.23 bits per heavy atom. The van der Waals surface area contributed by atoms with Gasteiger partial charge in [0.05, 0.1) is 18.1 Å². The molecule has 2 aromatic rings. The summed E-state index contributed by atoms with van der Waals surface area (Å²) in [6.07, 6.45) is 1.88. The van der Waals surface area contributed by atoms with Gasteiger partial charge in [-0.2, -0.15) is 0 Å². The summed E-state index contributed by atoms with van der Waals surface area (Å²) in [5.74, 6) is 1.38. The van der Waals surface area contributed by atoms with Gasteiger partial charge >= 0.3 is 0 Å². The minimum absolute atomic E-state index is 0.0827. The van der Waals surface area contributed by atoms with E-state index in [0.717, 1.165) is 89.1 Å². The first-order chi connectivity index (χ1) is 17.0. The highest BCUT2D eigenvalue weighted by atomic mass is 16.6. The SMILES string of the molecule is CN1CCN(CCCOc2cc3ccc([N+](=O)[O-])cc3cc2OCCCN2CCN(C)CC2)CC1. The molecule has 192 valence electrons. The van der Waals surface area contributed by atoms with Crippen molar-refractivity contribution in [2.45, 2.75) is 12.8 Å². The molecular formula is C26H39N5O4. The Labute approximate surface area is 208 Å². The van der Waals surface area contributed by atoms with Gasteiger partial charge in [-0.15, -0.1) is 0 Å². The highest BCUT2D eigenvalue weighted by molar-refractivity contribution is 5.88. The van der Waals surface area contributed by atoms with E-state index in [9.17, 15) is 10.1 Å². The standard InChI is InChI=1S/C26H39N5O4/c1-27-9-13-29(14-10-27)7-3-17-34-25-20-22-5-6-24(31(32)33)19-23(22)21-26(25)35-18-4-8-30-15-11-28(2)12-16-30/h5-6,19-21H,3-4,7-18H2,1-2H3. The Bertz CT molecular complexity index is 972. The molecule has 9 heteroatoms. The van der Waals surface area contributed by atoms with Crippen LogP contribution in [0, 0.1) is 10.1 Å². The molecule has 35 heavy (non-hydrogen) atoms. The number of ether oxygens (including phenoxy) is 2. The number of piperazine rings is 2. The van der Waals surface area contributed by atoms with Crippen LogP contribution < -0.4 is 9.47 Å². The molecule has 0 N–H and O–H groups in total. The van der Waals surface area contributed by atoms with Crippen molar-refractivity contribution in [2.75, 3.05) is 92.8 Å². The Balaban J connectivity index is 1.35. The number of nitrogens with zero attached hydrogens (tertiary/aromatic N) is 5. The lowest BCUT2D eigenvalue weighted by Gasteiger charge is -2.32. The third-order valence-corrected chi connectivity index (χ3v) is 7.04. The quantitative estimate of drug-likeness (QED) is 0.273. The summed E-state index contributed by atoms with van der Waals surface area (Å²) in [5, 5.41) is 12.9. The molecule has 2 aliphatic rings. The largest absolute Gasteiger partial charge is 0.490 e. The monoisotopic (exact) mass is 485 g/mol. The molecule has 0 aromatic heterocycles. The van der Waals surface area contributed by atoms with Crippen LogP contribution in [0.5, 0.6) is 11.5 Å². The molecule has 0 aliphatic carbocycles. The molecule has 0 bridgehead atoms. The molecule has 2 fully saturated rings. The molecule has 2 saturated heterocycles. The molecule has 2 aliphatic heterocycles. The van der Waals surface area contributed by atoms with Crippen molar-refractivity contribution in [1.29, 1.82) is 0 Å². The van der Waals surface area contributed by atoms with Gasteiger partial charge in [0.25, 0.3) is 5.69 Å². The molecular weight excluding hydrogens is 446 g/mol. The lowest BCUT2D eigenvalue weighted by Crippen LogP contribution is -2.44. The molecule has 4 rings (SSSR count). The van der Waals surface area contributed by atoms with Crippen LogP contribution in [0.15, 0.2) is 30.3 Å². The fourth-order valence-electron chi connectivity index (χ4n) is 4.67. The predicted molar refractivity (Wildman–Crippen MR) is 139 cm³/mol. The third-order valence-electron chi connectivity index (χ3n) is 7.04.